The lowest BCUT2D eigenvalue weighted by atomic mass is 10.1. The third-order valence-corrected chi connectivity index (χ3v) is 3.63. The number of carbonyl (C=O) groups is 2. The minimum Gasteiger partial charge on any atom is -0.507 e. The third kappa shape index (κ3) is 4.00. The summed E-state index contributed by atoms with van der Waals surface area (Å²) < 4.78 is 13.1. The standard InChI is InChI=1S/C15H11FO4S/c16-11-3-1-2-9(4-11)5-12-6-10(8-21-12)13(17)7-14(18)15(19)20/h1-4,6-8,17H,5H2,(H,19,20). The fourth-order valence-electron chi connectivity index (χ4n) is 1.73. The molecule has 1 heterocycles. The Bertz CT molecular complexity index is 718. The predicted molar refractivity (Wildman–Crippen MR) is 76.8 cm³/mol. The van der Waals surface area contributed by atoms with Gasteiger partial charge in [0.2, 0.25) is 0 Å². The summed E-state index contributed by atoms with van der Waals surface area (Å²) in [4.78, 5) is 22.3. The molecular formula is C15H11FO4S. The molecule has 21 heavy (non-hydrogen) atoms. The lowest BCUT2D eigenvalue weighted by molar-refractivity contribution is -0.146. The van der Waals surface area contributed by atoms with E-state index in [1.54, 1.807) is 23.6 Å². The number of aliphatic hydroxyl groups is 1. The average Bonchev–Trinajstić information content (AvgIpc) is 2.87. The van der Waals surface area contributed by atoms with E-state index in [4.69, 9.17) is 5.11 Å². The first-order chi connectivity index (χ1) is 9.95. The Balaban J connectivity index is 2.15. The van der Waals surface area contributed by atoms with Gasteiger partial charge in [-0.25, -0.2) is 9.18 Å². The molecule has 0 fully saturated rings. The summed E-state index contributed by atoms with van der Waals surface area (Å²) in [6.07, 6.45) is 1.15. The number of carboxylic acid groups (broad SMARTS) is 1. The number of carboxylic acids is 1. The largest absolute Gasteiger partial charge is 0.507 e. The minimum absolute atomic E-state index is 0.320. The zero-order valence-electron chi connectivity index (χ0n) is 10.7. The van der Waals surface area contributed by atoms with E-state index in [0.29, 0.717) is 18.1 Å². The normalized spacial score (nSPS) is 11.4. The topological polar surface area (TPSA) is 74.6 Å². The van der Waals surface area contributed by atoms with Crippen molar-refractivity contribution in [3.8, 4) is 0 Å². The van der Waals surface area contributed by atoms with E-state index in [0.717, 1.165) is 10.4 Å². The number of rotatable bonds is 5. The molecule has 0 atom stereocenters. The molecule has 0 saturated heterocycles. The van der Waals surface area contributed by atoms with Gasteiger partial charge in [-0.2, -0.15) is 0 Å². The Hall–Kier alpha value is -2.47. The summed E-state index contributed by atoms with van der Waals surface area (Å²) in [5.41, 5.74) is 1.15. The smallest absolute Gasteiger partial charge is 0.376 e. The number of hydrogen-bond acceptors (Lipinski definition) is 4. The second-order valence-electron chi connectivity index (χ2n) is 4.31. The lowest BCUT2D eigenvalue weighted by Gasteiger charge is -1.98. The number of hydrogen-bond donors (Lipinski definition) is 2. The van der Waals surface area contributed by atoms with Crippen LogP contribution in [0.5, 0.6) is 0 Å². The van der Waals surface area contributed by atoms with Crippen molar-refractivity contribution in [1.29, 1.82) is 0 Å². The third-order valence-electron chi connectivity index (χ3n) is 2.70. The first-order valence-electron chi connectivity index (χ1n) is 5.96. The molecule has 0 radical (unpaired) electrons. The molecule has 0 aliphatic heterocycles. The van der Waals surface area contributed by atoms with Crippen LogP contribution in [0.2, 0.25) is 0 Å². The molecule has 0 spiro atoms. The van der Waals surface area contributed by atoms with Crippen molar-refractivity contribution in [2.24, 2.45) is 0 Å². The first-order valence-corrected chi connectivity index (χ1v) is 6.84. The van der Waals surface area contributed by atoms with Crippen LogP contribution in [-0.4, -0.2) is 22.0 Å². The maximum Gasteiger partial charge on any atom is 0.376 e. The maximum atomic E-state index is 13.1. The molecule has 0 saturated carbocycles. The Morgan fingerprint density at radius 2 is 2.00 bits per heavy atom. The van der Waals surface area contributed by atoms with Crippen molar-refractivity contribution in [2.75, 3.05) is 0 Å². The van der Waals surface area contributed by atoms with Crippen molar-refractivity contribution in [2.45, 2.75) is 6.42 Å². The SMILES string of the molecule is O=C(O)C(=O)C=C(O)c1csc(Cc2cccc(F)c2)c1. The molecule has 0 amide bonds. The van der Waals surface area contributed by atoms with Gasteiger partial charge in [0.25, 0.3) is 5.78 Å². The van der Waals surface area contributed by atoms with Gasteiger partial charge in [0.05, 0.1) is 0 Å². The van der Waals surface area contributed by atoms with Crippen LogP contribution in [0.15, 0.2) is 41.8 Å². The number of thiophene rings is 1. The average molecular weight is 306 g/mol. The van der Waals surface area contributed by atoms with Crippen LogP contribution in [0.1, 0.15) is 16.0 Å². The van der Waals surface area contributed by atoms with Gasteiger partial charge in [0.1, 0.15) is 11.6 Å². The van der Waals surface area contributed by atoms with Crippen molar-refractivity contribution in [3.05, 3.63) is 63.6 Å². The molecule has 0 bridgehead atoms. The van der Waals surface area contributed by atoms with Gasteiger partial charge in [0, 0.05) is 28.3 Å². The van der Waals surface area contributed by atoms with Crippen molar-refractivity contribution in [3.63, 3.8) is 0 Å². The van der Waals surface area contributed by atoms with E-state index in [1.165, 1.54) is 23.5 Å². The summed E-state index contributed by atoms with van der Waals surface area (Å²) in [5.74, 6) is -3.54. The van der Waals surface area contributed by atoms with Gasteiger partial charge < -0.3 is 10.2 Å². The molecule has 6 heteroatoms. The second kappa shape index (κ2) is 6.32. The fourth-order valence-corrected chi connectivity index (χ4v) is 2.64. The van der Waals surface area contributed by atoms with Crippen molar-refractivity contribution in [1.82, 2.24) is 0 Å². The fraction of sp³-hybridized carbons (Fsp3) is 0.0667. The molecule has 2 rings (SSSR count). The number of carbonyl (C=O) groups excluding carboxylic acids is 1. The highest BCUT2D eigenvalue weighted by molar-refractivity contribution is 7.10. The number of benzene rings is 1. The summed E-state index contributed by atoms with van der Waals surface area (Å²) in [5, 5.41) is 19.8. The number of aliphatic hydroxyl groups excluding tert-OH is 1. The minimum atomic E-state index is -1.63. The molecule has 0 aliphatic rings. The number of ketones is 1. The van der Waals surface area contributed by atoms with E-state index >= 15 is 0 Å². The van der Waals surface area contributed by atoms with E-state index < -0.39 is 17.5 Å². The monoisotopic (exact) mass is 306 g/mol. The Morgan fingerprint density at radius 3 is 2.67 bits per heavy atom. The predicted octanol–water partition coefficient (Wildman–Crippen LogP) is 3.03. The number of aliphatic carboxylic acids is 1. The first kappa shape index (κ1) is 14.9. The Labute approximate surface area is 123 Å². The molecule has 108 valence electrons. The van der Waals surface area contributed by atoms with E-state index in [9.17, 15) is 19.1 Å². The Morgan fingerprint density at radius 1 is 1.24 bits per heavy atom. The van der Waals surface area contributed by atoms with Crippen LogP contribution in [0.3, 0.4) is 0 Å². The van der Waals surface area contributed by atoms with E-state index in [2.05, 4.69) is 0 Å². The molecular weight excluding hydrogens is 295 g/mol. The molecule has 1 aromatic carbocycles. The summed E-state index contributed by atoms with van der Waals surface area (Å²) in [7, 11) is 0. The highest BCUT2D eigenvalue weighted by Gasteiger charge is 2.12. The van der Waals surface area contributed by atoms with Crippen molar-refractivity contribution < 1.29 is 24.2 Å². The molecule has 1 aromatic heterocycles. The quantitative estimate of drug-likeness (QED) is 0.506. The van der Waals surface area contributed by atoms with Gasteiger partial charge >= 0.3 is 5.97 Å². The van der Waals surface area contributed by atoms with Crippen LogP contribution in [0.25, 0.3) is 5.76 Å². The van der Waals surface area contributed by atoms with E-state index in [1.807, 2.05) is 0 Å². The lowest BCUT2D eigenvalue weighted by Crippen LogP contribution is -2.09. The van der Waals surface area contributed by atoms with Crippen molar-refractivity contribution >= 4 is 28.8 Å². The van der Waals surface area contributed by atoms with E-state index in [-0.39, 0.29) is 5.82 Å². The van der Waals surface area contributed by atoms with Gasteiger partial charge in [-0.15, -0.1) is 11.3 Å². The van der Waals surface area contributed by atoms with Crippen LogP contribution < -0.4 is 0 Å². The zero-order valence-corrected chi connectivity index (χ0v) is 11.6. The summed E-state index contributed by atoms with van der Waals surface area (Å²) in [6, 6.07) is 7.81. The molecule has 2 aromatic rings. The molecule has 0 aliphatic carbocycles. The number of halogens is 1. The second-order valence-corrected chi connectivity index (χ2v) is 5.30. The molecule has 4 nitrogen and oxygen atoms in total. The van der Waals surface area contributed by atoms with Crippen LogP contribution >= 0.6 is 11.3 Å². The maximum absolute atomic E-state index is 13.1. The summed E-state index contributed by atoms with van der Waals surface area (Å²) in [6.45, 7) is 0. The van der Waals surface area contributed by atoms with Crippen LogP contribution in [0, 0.1) is 5.82 Å². The van der Waals surface area contributed by atoms with Gasteiger partial charge in [-0.05, 0) is 23.8 Å². The molecule has 0 unspecified atom stereocenters. The van der Waals surface area contributed by atoms with Crippen LogP contribution in [0.4, 0.5) is 4.39 Å². The van der Waals surface area contributed by atoms with Crippen LogP contribution in [-0.2, 0) is 16.0 Å². The Kier molecular flexibility index (Phi) is 4.49. The zero-order chi connectivity index (χ0) is 15.4. The van der Waals surface area contributed by atoms with Gasteiger partial charge in [0.15, 0.2) is 0 Å². The highest BCUT2D eigenvalue weighted by Crippen LogP contribution is 2.23. The van der Waals surface area contributed by atoms with Gasteiger partial charge in [-0.1, -0.05) is 12.1 Å². The molecule has 2 N–H and O–H groups in total. The summed E-state index contributed by atoms with van der Waals surface area (Å²) >= 11 is 1.33. The van der Waals surface area contributed by atoms with Gasteiger partial charge in [-0.3, -0.25) is 4.79 Å². The highest BCUT2D eigenvalue weighted by atomic mass is 32.1.